The molecule has 0 unspecified atom stereocenters. The normalized spacial score (nSPS) is 11.6. The van der Waals surface area contributed by atoms with Gasteiger partial charge in [-0.15, -0.1) is 0 Å². The minimum atomic E-state index is 0.156. The van der Waals surface area contributed by atoms with Crippen molar-refractivity contribution in [3.8, 4) is 58.2 Å². The van der Waals surface area contributed by atoms with E-state index >= 15 is 0 Å². The average Bonchev–Trinajstić information content (AvgIpc) is 4.17. The summed E-state index contributed by atoms with van der Waals surface area (Å²) in [5, 5.41) is 54.2. The Labute approximate surface area is 411 Å². The van der Waals surface area contributed by atoms with Crippen molar-refractivity contribution in [2.75, 3.05) is 0 Å². The number of aromatic nitrogens is 4. The zero-order valence-electron chi connectivity index (χ0n) is 38.2. The summed E-state index contributed by atoms with van der Waals surface area (Å²) < 4.78 is 8.71. The lowest BCUT2D eigenvalue weighted by Crippen LogP contribution is -2.13. The maximum absolute atomic E-state index is 11.6. The first-order valence-corrected chi connectivity index (χ1v) is 23.6. The van der Waals surface area contributed by atoms with Gasteiger partial charge in [0.25, 0.3) is 0 Å². The lowest BCUT2D eigenvalue weighted by molar-refractivity contribution is 1.07. The molecule has 4 aromatic heterocycles. The SMILES string of the molecule is N#Cc1cc(-c2cc(C#N)c(C#N)c(-n3c4ccccc4c4ccccc43)c2-n2c3ccccc3c3ccccc32)c(-n2c3ccccc3c3ccccc32)c(-n2c3ccccc3c3ccccc32)c1C#N. The average molecular weight is 915 g/mol. The molecule has 4 heterocycles. The molecule has 0 aliphatic rings. The molecule has 0 N–H and O–H groups in total. The molecule has 0 saturated carbocycles. The van der Waals surface area contributed by atoms with Gasteiger partial charge in [0.15, 0.2) is 0 Å². The highest BCUT2D eigenvalue weighted by Gasteiger charge is 2.33. The lowest BCUT2D eigenvalue weighted by Gasteiger charge is -2.26. The summed E-state index contributed by atoms with van der Waals surface area (Å²) in [5.41, 5.74) is 11.0. The number of nitriles is 4. The molecule has 10 aromatic carbocycles. The van der Waals surface area contributed by atoms with Gasteiger partial charge in [-0.25, -0.2) is 0 Å². The standard InChI is InChI=1S/C64H34N8/c65-35-39-33-49(61(69-53-25-9-1-17-41(53)42-18-2-10-26-54(42)69)63(51(39)37-67)71-57-29-13-5-21-45(57)46-22-6-14-30-58(46)71)50-34-40(36-66)52(38-68)64(72-59-31-15-7-23-47(59)48-24-8-16-32-60(48)72)62(50)70-55-27-11-3-19-43(55)44-20-4-12-28-56(44)70/h1-34H. The van der Waals surface area contributed by atoms with Gasteiger partial charge in [-0.1, -0.05) is 146 Å². The quantitative estimate of drug-likeness (QED) is 0.171. The molecule has 14 aromatic rings. The van der Waals surface area contributed by atoms with E-state index in [-0.39, 0.29) is 22.3 Å². The van der Waals surface area contributed by atoms with Crippen molar-refractivity contribution in [3.05, 3.63) is 229 Å². The number of nitrogens with zero attached hydrogens (tertiary/aromatic N) is 8. The van der Waals surface area contributed by atoms with Crippen LogP contribution in [-0.4, -0.2) is 18.3 Å². The number of para-hydroxylation sites is 8. The highest BCUT2D eigenvalue weighted by Crippen LogP contribution is 2.50. The van der Waals surface area contributed by atoms with Crippen LogP contribution in [0.3, 0.4) is 0 Å². The zero-order valence-corrected chi connectivity index (χ0v) is 38.2. The van der Waals surface area contributed by atoms with E-state index in [1.54, 1.807) is 0 Å². The Kier molecular flexibility index (Phi) is 8.67. The van der Waals surface area contributed by atoms with E-state index in [1.807, 2.05) is 109 Å². The van der Waals surface area contributed by atoms with Crippen LogP contribution in [0.2, 0.25) is 0 Å². The summed E-state index contributed by atoms with van der Waals surface area (Å²) in [5.74, 6) is 0. The molecule has 0 fully saturated rings. The fraction of sp³-hybridized carbons (Fsp3) is 0. The number of hydrogen-bond donors (Lipinski definition) is 0. The van der Waals surface area contributed by atoms with Crippen LogP contribution in [0.15, 0.2) is 206 Å². The van der Waals surface area contributed by atoms with Gasteiger partial charge in [0.1, 0.15) is 24.3 Å². The molecule has 0 bridgehead atoms. The van der Waals surface area contributed by atoms with Gasteiger partial charge >= 0.3 is 0 Å². The highest BCUT2D eigenvalue weighted by atomic mass is 15.1. The number of rotatable bonds is 5. The molecule has 0 aliphatic carbocycles. The lowest BCUT2D eigenvalue weighted by atomic mass is 9.90. The Morgan fingerprint density at radius 3 is 0.625 bits per heavy atom. The van der Waals surface area contributed by atoms with E-state index in [2.05, 4.69) is 140 Å². The van der Waals surface area contributed by atoms with Crippen LogP contribution in [0.5, 0.6) is 0 Å². The first kappa shape index (κ1) is 40.4. The molecule has 0 aliphatic heterocycles. The van der Waals surface area contributed by atoms with Gasteiger partial charge in [-0.2, -0.15) is 21.0 Å². The van der Waals surface area contributed by atoms with Crippen molar-refractivity contribution < 1.29 is 0 Å². The summed E-state index contributed by atoms with van der Waals surface area (Å²) in [4.78, 5) is 0. The minimum absolute atomic E-state index is 0.156. The third-order valence-corrected chi connectivity index (χ3v) is 14.5. The van der Waals surface area contributed by atoms with Crippen LogP contribution in [0.1, 0.15) is 22.3 Å². The first-order valence-electron chi connectivity index (χ1n) is 23.6. The second-order valence-electron chi connectivity index (χ2n) is 18.0. The van der Waals surface area contributed by atoms with Crippen molar-refractivity contribution in [1.82, 2.24) is 18.3 Å². The summed E-state index contributed by atoms with van der Waals surface area (Å²) in [6.45, 7) is 0. The molecule has 8 nitrogen and oxygen atoms in total. The van der Waals surface area contributed by atoms with Crippen LogP contribution >= 0.6 is 0 Å². The minimum Gasteiger partial charge on any atom is -0.307 e. The van der Waals surface area contributed by atoms with Crippen molar-refractivity contribution in [2.24, 2.45) is 0 Å². The molecule has 0 saturated heterocycles. The predicted molar refractivity (Wildman–Crippen MR) is 288 cm³/mol. The molecule has 0 radical (unpaired) electrons. The first-order chi connectivity index (χ1) is 35.6. The van der Waals surface area contributed by atoms with E-state index in [0.29, 0.717) is 33.9 Å². The molecule has 330 valence electrons. The number of hydrogen-bond acceptors (Lipinski definition) is 4. The Hall–Kier alpha value is -10.6. The summed E-state index contributed by atoms with van der Waals surface area (Å²) in [6.07, 6.45) is 0. The van der Waals surface area contributed by atoms with Gasteiger partial charge in [-0.3, -0.25) is 0 Å². The monoisotopic (exact) mass is 914 g/mol. The molecule has 14 rings (SSSR count). The Bertz CT molecular complexity index is 4350. The Balaban J connectivity index is 1.31. The van der Waals surface area contributed by atoms with Crippen molar-refractivity contribution in [1.29, 1.82) is 21.0 Å². The maximum atomic E-state index is 11.6. The van der Waals surface area contributed by atoms with Gasteiger partial charge in [0.05, 0.1) is 89.1 Å². The van der Waals surface area contributed by atoms with Gasteiger partial charge in [0.2, 0.25) is 0 Å². The molecule has 8 heteroatoms. The van der Waals surface area contributed by atoms with Crippen molar-refractivity contribution in [3.63, 3.8) is 0 Å². The summed E-state index contributed by atoms with van der Waals surface area (Å²) >= 11 is 0. The van der Waals surface area contributed by atoms with Crippen LogP contribution in [0.4, 0.5) is 0 Å². The van der Waals surface area contributed by atoms with Crippen LogP contribution < -0.4 is 0 Å². The Morgan fingerprint density at radius 1 is 0.236 bits per heavy atom. The van der Waals surface area contributed by atoms with Gasteiger partial charge in [-0.05, 0) is 60.7 Å². The maximum Gasteiger partial charge on any atom is 0.103 e. The number of benzene rings is 10. The topological polar surface area (TPSA) is 115 Å². The van der Waals surface area contributed by atoms with Gasteiger partial charge < -0.3 is 18.3 Å². The number of fused-ring (bicyclic) bond motifs is 12. The smallest absolute Gasteiger partial charge is 0.103 e. The molecular formula is C64H34N8. The Morgan fingerprint density at radius 2 is 0.431 bits per heavy atom. The summed E-state index contributed by atoms with van der Waals surface area (Å²) in [7, 11) is 0. The predicted octanol–water partition coefficient (Wildman–Crippen LogP) is 15.2. The molecule has 0 atom stereocenters. The van der Waals surface area contributed by atoms with Crippen LogP contribution in [0, 0.1) is 45.3 Å². The van der Waals surface area contributed by atoms with E-state index in [0.717, 1.165) is 87.2 Å². The second kappa shape index (κ2) is 15.4. The third kappa shape index (κ3) is 5.41. The van der Waals surface area contributed by atoms with Crippen LogP contribution in [0.25, 0.3) is 121 Å². The fourth-order valence-electron chi connectivity index (χ4n) is 11.7. The van der Waals surface area contributed by atoms with E-state index in [1.165, 1.54) is 0 Å². The second-order valence-corrected chi connectivity index (χ2v) is 18.0. The fourth-order valence-corrected chi connectivity index (χ4v) is 11.7. The molecule has 0 amide bonds. The largest absolute Gasteiger partial charge is 0.307 e. The molecular weight excluding hydrogens is 881 g/mol. The molecule has 0 spiro atoms. The van der Waals surface area contributed by atoms with E-state index in [4.69, 9.17) is 0 Å². The highest BCUT2D eigenvalue weighted by molar-refractivity contribution is 6.16. The third-order valence-electron chi connectivity index (χ3n) is 14.5. The molecule has 72 heavy (non-hydrogen) atoms. The van der Waals surface area contributed by atoms with Crippen molar-refractivity contribution in [2.45, 2.75) is 0 Å². The van der Waals surface area contributed by atoms with E-state index < -0.39 is 0 Å². The van der Waals surface area contributed by atoms with Gasteiger partial charge in [0, 0.05) is 54.2 Å². The summed E-state index contributed by atoms with van der Waals surface area (Å²) in [6, 6.07) is 79.4. The van der Waals surface area contributed by atoms with E-state index in [9.17, 15) is 21.0 Å². The van der Waals surface area contributed by atoms with Crippen LogP contribution in [-0.2, 0) is 0 Å². The zero-order chi connectivity index (χ0) is 48.2. The van der Waals surface area contributed by atoms with Crippen molar-refractivity contribution >= 4 is 87.2 Å².